The first-order valence-electron chi connectivity index (χ1n) is 9.79. The van der Waals surface area contributed by atoms with Crippen molar-refractivity contribution in [1.82, 2.24) is 20.4 Å². The van der Waals surface area contributed by atoms with Gasteiger partial charge in [-0.3, -0.25) is 9.79 Å². The summed E-state index contributed by atoms with van der Waals surface area (Å²) in [6, 6.07) is 11.4. The second-order valence-electron chi connectivity index (χ2n) is 7.02. The number of amides is 1. The first-order chi connectivity index (χ1) is 15.3. The van der Waals surface area contributed by atoms with Crippen LogP contribution in [0.25, 0.3) is 5.69 Å². The highest BCUT2D eigenvalue weighted by atomic mass is 19.2. The Morgan fingerprint density at radius 1 is 1.06 bits per heavy atom. The third kappa shape index (κ3) is 5.26. The molecule has 0 saturated heterocycles. The lowest BCUT2D eigenvalue weighted by Gasteiger charge is -2.15. The maximum atomic E-state index is 13.7. The van der Waals surface area contributed by atoms with Gasteiger partial charge < -0.3 is 16.0 Å². The van der Waals surface area contributed by atoms with Gasteiger partial charge >= 0.3 is 0 Å². The predicted octanol–water partition coefficient (Wildman–Crippen LogP) is 3.21. The van der Waals surface area contributed by atoms with Crippen molar-refractivity contribution < 1.29 is 18.0 Å². The molecule has 0 fully saturated rings. The number of guanidine groups is 1. The fraction of sp³-hybridized carbons (Fsp3) is 0.227. The molecule has 7 nitrogen and oxygen atoms in total. The van der Waals surface area contributed by atoms with E-state index in [1.54, 1.807) is 0 Å². The third-order valence-corrected chi connectivity index (χ3v) is 4.62. The largest absolute Gasteiger partial charge is 0.352 e. The Morgan fingerprint density at radius 2 is 1.81 bits per heavy atom. The summed E-state index contributed by atoms with van der Waals surface area (Å²) in [7, 11) is 1.54. The summed E-state index contributed by atoms with van der Waals surface area (Å²) in [6.07, 6.45) is 0. The molecule has 0 aliphatic carbocycles. The Hall–Kier alpha value is -3.82. The summed E-state index contributed by atoms with van der Waals surface area (Å²) in [5, 5.41) is 12.6. The van der Waals surface area contributed by atoms with Crippen molar-refractivity contribution in [3.63, 3.8) is 0 Å². The molecule has 0 unspecified atom stereocenters. The normalized spacial score (nSPS) is 11.4. The van der Waals surface area contributed by atoms with Gasteiger partial charge in [0.15, 0.2) is 23.4 Å². The van der Waals surface area contributed by atoms with Gasteiger partial charge in [0.25, 0.3) is 0 Å². The molecule has 2 aromatic carbocycles. The van der Waals surface area contributed by atoms with Gasteiger partial charge in [-0.15, -0.1) is 0 Å². The van der Waals surface area contributed by atoms with Crippen LogP contribution < -0.4 is 16.0 Å². The first-order valence-corrected chi connectivity index (χ1v) is 9.79. The Labute approximate surface area is 183 Å². The fourth-order valence-corrected chi connectivity index (χ4v) is 3.12. The molecule has 3 rings (SSSR count). The average Bonchev–Trinajstić information content (AvgIpc) is 3.12. The molecule has 168 valence electrons. The van der Waals surface area contributed by atoms with Gasteiger partial charge in [-0.05, 0) is 43.7 Å². The number of carbonyl (C=O) groups is 1. The number of carbonyl (C=O) groups excluding carboxylic acids is 1. The zero-order valence-corrected chi connectivity index (χ0v) is 17.8. The number of aromatic nitrogens is 2. The second-order valence-corrected chi connectivity index (χ2v) is 7.02. The first kappa shape index (κ1) is 22.9. The van der Waals surface area contributed by atoms with E-state index in [4.69, 9.17) is 0 Å². The predicted molar refractivity (Wildman–Crippen MR) is 116 cm³/mol. The van der Waals surface area contributed by atoms with E-state index in [9.17, 15) is 18.0 Å². The maximum Gasteiger partial charge on any atom is 0.243 e. The molecular weight excluding hydrogens is 421 g/mol. The van der Waals surface area contributed by atoms with E-state index in [-0.39, 0.29) is 6.54 Å². The Balaban J connectivity index is 1.60. The minimum absolute atomic E-state index is 0.267. The molecule has 0 aliphatic heterocycles. The van der Waals surface area contributed by atoms with E-state index in [2.05, 4.69) is 26.0 Å². The highest BCUT2D eigenvalue weighted by molar-refractivity contribution is 5.95. The van der Waals surface area contributed by atoms with Gasteiger partial charge in [-0.2, -0.15) is 5.10 Å². The van der Waals surface area contributed by atoms with Crippen LogP contribution in [0.1, 0.15) is 17.0 Å². The highest BCUT2D eigenvalue weighted by Gasteiger charge is 2.15. The molecule has 32 heavy (non-hydrogen) atoms. The standard InChI is InChI=1S/C22H23F3N6O/c1-13-10-14(2)31(30-13)18-7-5-4-6-15(18)11-27-22(26-3)28-12-19(32)29-17-9-8-16(23)20(24)21(17)25/h4-10H,11-12H2,1-3H3,(H,29,32)(H2,26,27,28). The second kappa shape index (κ2) is 9.99. The molecule has 1 aromatic heterocycles. The number of hydrogen-bond donors (Lipinski definition) is 3. The minimum Gasteiger partial charge on any atom is -0.352 e. The molecule has 3 N–H and O–H groups in total. The Morgan fingerprint density at radius 3 is 2.50 bits per heavy atom. The topological polar surface area (TPSA) is 83.3 Å². The van der Waals surface area contributed by atoms with Crippen LogP contribution in [0.2, 0.25) is 0 Å². The van der Waals surface area contributed by atoms with Gasteiger partial charge in [-0.1, -0.05) is 18.2 Å². The van der Waals surface area contributed by atoms with Gasteiger partial charge in [0.1, 0.15) is 0 Å². The molecule has 10 heteroatoms. The SMILES string of the molecule is CN=C(NCC(=O)Nc1ccc(F)c(F)c1F)NCc1ccccc1-n1nc(C)cc1C. The summed E-state index contributed by atoms with van der Waals surface area (Å²) in [5.74, 6) is -4.75. The molecular formula is C22H23F3N6O. The lowest BCUT2D eigenvalue weighted by Crippen LogP contribution is -2.41. The van der Waals surface area contributed by atoms with E-state index in [1.807, 2.05) is 48.9 Å². The number of hydrogen-bond acceptors (Lipinski definition) is 3. The molecule has 0 aliphatic rings. The molecule has 0 atom stereocenters. The zero-order chi connectivity index (χ0) is 23.3. The van der Waals surface area contributed by atoms with Crippen LogP contribution in [-0.4, -0.2) is 35.2 Å². The monoisotopic (exact) mass is 444 g/mol. The van der Waals surface area contributed by atoms with Crippen LogP contribution >= 0.6 is 0 Å². The number of benzene rings is 2. The lowest BCUT2D eigenvalue weighted by atomic mass is 10.1. The van der Waals surface area contributed by atoms with Crippen LogP contribution in [0.4, 0.5) is 18.9 Å². The maximum absolute atomic E-state index is 13.7. The van der Waals surface area contributed by atoms with Gasteiger partial charge in [0.2, 0.25) is 5.91 Å². The van der Waals surface area contributed by atoms with Crippen LogP contribution in [0.15, 0.2) is 47.5 Å². The van der Waals surface area contributed by atoms with Crippen molar-refractivity contribution >= 4 is 17.6 Å². The van der Waals surface area contributed by atoms with Crippen molar-refractivity contribution in [2.45, 2.75) is 20.4 Å². The van der Waals surface area contributed by atoms with Crippen molar-refractivity contribution in [3.8, 4) is 5.69 Å². The lowest BCUT2D eigenvalue weighted by molar-refractivity contribution is -0.115. The number of aryl methyl sites for hydroxylation is 2. The third-order valence-electron chi connectivity index (χ3n) is 4.62. The van der Waals surface area contributed by atoms with E-state index >= 15 is 0 Å². The molecule has 1 heterocycles. The average molecular weight is 444 g/mol. The van der Waals surface area contributed by atoms with Crippen LogP contribution in [-0.2, 0) is 11.3 Å². The molecule has 0 radical (unpaired) electrons. The summed E-state index contributed by atoms with van der Waals surface area (Å²) < 4.78 is 41.9. The number of halogens is 3. The number of nitrogens with one attached hydrogen (secondary N) is 3. The number of rotatable bonds is 6. The van der Waals surface area contributed by atoms with Crippen molar-refractivity contribution in [3.05, 3.63) is 76.9 Å². The van der Waals surface area contributed by atoms with Crippen LogP contribution in [0, 0.1) is 31.3 Å². The van der Waals surface area contributed by atoms with Crippen molar-refractivity contribution in [2.75, 3.05) is 18.9 Å². The Bertz CT molecular complexity index is 1160. The van der Waals surface area contributed by atoms with Crippen LogP contribution in [0.3, 0.4) is 0 Å². The van der Waals surface area contributed by atoms with Crippen LogP contribution in [0.5, 0.6) is 0 Å². The molecule has 0 saturated carbocycles. The van der Waals surface area contributed by atoms with E-state index in [0.717, 1.165) is 34.8 Å². The number of anilines is 1. The molecule has 0 spiro atoms. The number of aliphatic imine (C=N–C) groups is 1. The van der Waals surface area contributed by atoms with Crippen molar-refractivity contribution in [2.24, 2.45) is 4.99 Å². The van der Waals surface area contributed by atoms with Gasteiger partial charge in [0.05, 0.1) is 23.6 Å². The molecule has 0 bridgehead atoms. The fourth-order valence-electron chi connectivity index (χ4n) is 3.12. The van der Waals surface area contributed by atoms with Crippen molar-refractivity contribution in [1.29, 1.82) is 0 Å². The summed E-state index contributed by atoms with van der Waals surface area (Å²) >= 11 is 0. The van der Waals surface area contributed by atoms with Gasteiger partial charge in [-0.25, -0.2) is 17.9 Å². The number of para-hydroxylation sites is 1. The summed E-state index contributed by atoms with van der Waals surface area (Å²) in [4.78, 5) is 16.1. The number of nitrogens with zero attached hydrogens (tertiary/aromatic N) is 3. The van der Waals surface area contributed by atoms with E-state index in [1.165, 1.54) is 7.05 Å². The molecule has 1 amide bonds. The minimum atomic E-state index is -1.64. The summed E-state index contributed by atoms with van der Waals surface area (Å²) in [6.45, 7) is 4.03. The smallest absolute Gasteiger partial charge is 0.243 e. The summed E-state index contributed by atoms with van der Waals surface area (Å²) in [5.41, 5.74) is 3.32. The van der Waals surface area contributed by atoms with Gasteiger partial charge in [0, 0.05) is 19.3 Å². The Kier molecular flexibility index (Phi) is 7.14. The highest BCUT2D eigenvalue weighted by Crippen LogP contribution is 2.19. The molecule has 3 aromatic rings. The quantitative estimate of drug-likeness (QED) is 0.310. The zero-order valence-electron chi connectivity index (χ0n) is 17.8. The van der Waals surface area contributed by atoms with E-state index in [0.29, 0.717) is 12.5 Å². The van der Waals surface area contributed by atoms with E-state index < -0.39 is 29.0 Å².